The summed E-state index contributed by atoms with van der Waals surface area (Å²) in [5, 5.41) is 18.4. The van der Waals surface area contributed by atoms with Gasteiger partial charge in [-0.05, 0) is 31.2 Å². The first-order chi connectivity index (χ1) is 13.6. The van der Waals surface area contributed by atoms with Gasteiger partial charge in [0.25, 0.3) is 0 Å². The minimum Gasteiger partial charge on any atom is -0.424 e. The molecular weight excluding hydrogens is 394 g/mol. The molecule has 2 heterocycles. The number of hydrogen-bond donors (Lipinski definition) is 0. The summed E-state index contributed by atoms with van der Waals surface area (Å²) < 4.78 is 7.62. The van der Waals surface area contributed by atoms with Crippen molar-refractivity contribution in [3.63, 3.8) is 0 Å². The van der Waals surface area contributed by atoms with Crippen molar-refractivity contribution in [1.82, 2.24) is 25.0 Å². The maximum Gasteiger partial charge on any atom is 0.226 e. The molecule has 4 aromatic rings. The second-order valence-electron chi connectivity index (χ2n) is 6.22. The SMILES string of the molecule is CCc1nnc(CSc2nnc(-c3ccc(C)cc3)n2-c2ccc(Cl)cc2)o1. The van der Waals surface area contributed by atoms with Crippen molar-refractivity contribution in [1.29, 1.82) is 0 Å². The second kappa shape index (κ2) is 8.16. The number of aromatic nitrogens is 5. The van der Waals surface area contributed by atoms with Crippen molar-refractivity contribution in [2.24, 2.45) is 0 Å². The molecule has 0 aliphatic rings. The molecule has 0 saturated carbocycles. The van der Waals surface area contributed by atoms with Crippen LogP contribution in [0.5, 0.6) is 0 Å². The average molecular weight is 412 g/mol. The van der Waals surface area contributed by atoms with Gasteiger partial charge in [0.15, 0.2) is 11.0 Å². The third kappa shape index (κ3) is 3.95. The normalized spacial score (nSPS) is 11.1. The standard InChI is InChI=1S/C20H18ClN5OS/c1-3-17-22-23-18(27-17)12-28-20-25-24-19(14-6-4-13(2)5-7-14)26(20)16-10-8-15(21)9-11-16/h4-11H,3,12H2,1-2H3. The number of halogens is 1. The van der Waals surface area contributed by atoms with Gasteiger partial charge < -0.3 is 4.42 Å². The van der Waals surface area contributed by atoms with Gasteiger partial charge in [0, 0.05) is 22.7 Å². The van der Waals surface area contributed by atoms with E-state index < -0.39 is 0 Å². The Balaban J connectivity index is 1.71. The quantitative estimate of drug-likeness (QED) is 0.409. The zero-order chi connectivity index (χ0) is 19.5. The van der Waals surface area contributed by atoms with E-state index in [0.29, 0.717) is 22.6 Å². The van der Waals surface area contributed by atoms with Gasteiger partial charge in [-0.15, -0.1) is 20.4 Å². The second-order valence-corrected chi connectivity index (χ2v) is 7.59. The minimum atomic E-state index is 0.520. The van der Waals surface area contributed by atoms with Gasteiger partial charge in [-0.25, -0.2) is 0 Å². The minimum absolute atomic E-state index is 0.520. The van der Waals surface area contributed by atoms with Crippen LogP contribution in [0.15, 0.2) is 58.1 Å². The largest absolute Gasteiger partial charge is 0.424 e. The van der Waals surface area contributed by atoms with Crippen LogP contribution in [0.1, 0.15) is 24.3 Å². The van der Waals surface area contributed by atoms with Crippen molar-refractivity contribution in [3.8, 4) is 17.1 Å². The van der Waals surface area contributed by atoms with E-state index in [-0.39, 0.29) is 0 Å². The summed E-state index contributed by atoms with van der Waals surface area (Å²) in [5.74, 6) is 2.50. The summed E-state index contributed by atoms with van der Waals surface area (Å²) in [4.78, 5) is 0. The fourth-order valence-electron chi connectivity index (χ4n) is 2.69. The maximum absolute atomic E-state index is 6.07. The molecule has 4 rings (SSSR count). The predicted octanol–water partition coefficient (Wildman–Crippen LogP) is 5.13. The lowest BCUT2D eigenvalue weighted by Crippen LogP contribution is -2.00. The fraction of sp³-hybridized carbons (Fsp3) is 0.200. The molecule has 2 aromatic heterocycles. The number of nitrogens with zero attached hydrogens (tertiary/aromatic N) is 5. The van der Waals surface area contributed by atoms with E-state index in [2.05, 4.69) is 39.5 Å². The van der Waals surface area contributed by atoms with E-state index in [9.17, 15) is 0 Å². The van der Waals surface area contributed by atoms with Crippen molar-refractivity contribution in [3.05, 3.63) is 70.9 Å². The Kier molecular flexibility index (Phi) is 5.45. The molecule has 0 atom stereocenters. The molecule has 0 fully saturated rings. The number of hydrogen-bond acceptors (Lipinski definition) is 6. The molecule has 0 N–H and O–H groups in total. The van der Waals surface area contributed by atoms with E-state index in [0.717, 1.165) is 28.7 Å². The summed E-state index contributed by atoms with van der Waals surface area (Å²) in [5.41, 5.74) is 3.12. The Morgan fingerprint density at radius 1 is 0.929 bits per heavy atom. The van der Waals surface area contributed by atoms with Crippen molar-refractivity contribution < 1.29 is 4.42 Å². The summed E-state index contributed by atoms with van der Waals surface area (Å²) in [6.45, 7) is 4.04. The van der Waals surface area contributed by atoms with Crippen LogP contribution < -0.4 is 0 Å². The molecule has 0 bridgehead atoms. The third-order valence-corrected chi connectivity index (χ3v) is 5.33. The molecule has 0 saturated heterocycles. The van der Waals surface area contributed by atoms with Gasteiger partial charge in [0.1, 0.15) is 0 Å². The average Bonchev–Trinajstić information content (AvgIpc) is 3.34. The Bertz CT molecular complexity index is 1070. The predicted molar refractivity (Wildman–Crippen MR) is 110 cm³/mol. The van der Waals surface area contributed by atoms with Crippen molar-refractivity contribution in [2.45, 2.75) is 31.2 Å². The van der Waals surface area contributed by atoms with Gasteiger partial charge in [-0.1, -0.05) is 60.1 Å². The molecule has 2 aromatic carbocycles. The van der Waals surface area contributed by atoms with E-state index in [1.54, 1.807) is 0 Å². The topological polar surface area (TPSA) is 69.6 Å². The van der Waals surface area contributed by atoms with E-state index in [4.69, 9.17) is 16.0 Å². The number of aryl methyl sites for hydroxylation is 2. The molecule has 0 amide bonds. The molecule has 0 spiro atoms. The Hall–Kier alpha value is -2.64. The first kappa shape index (κ1) is 18.7. The molecule has 8 heteroatoms. The van der Waals surface area contributed by atoms with Gasteiger partial charge >= 0.3 is 0 Å². The first-order valence-electron chi connectivity index (χ1n) is 8.86. The molecule has 0 radical (unpaired) electrons. The zero-order valence-electron chi connectivity index (χ0n) is 15.5. The smallest absolute Gasteiger partial charge is 0.226 e. The highest BCUT2D eigenvalue weighted by molar-refractivity contribution is 7.98. The van der Waals surface area contributed by atoms with Crippen LogP contribution in [0, 0.1) is 6.92 Å². The van der Waals surface area contributed by atoms with E-state index >= 15 is 0 Å². The van der Waals surface area contributed by atoms with Crippen LogP contribution in [-0.2, 0) is 12.2 Å². The number of rotatable bonds is 6. The van der Waals surface area contributed by atoms with Crippen molar-refractivity contribution >= 4 is 23.4 Å². The fourth-order valence-corrected chi connectivity index (χ4v) is 3.61. The van der Waals surface area contributed by atoms with Crippen LogP contribution in [0.4, 0.5) is 0 Å². The van der Waals surface area contributed by atoms with Crippen LogP contribution in [0.3, 0.4) is 0 Å². The molecule has 0 aliphatic carbocycles. The molecule has 0 unspecified atom stereocenters. The number of thioether (sulfide) groups is 1. The van der Waals surface area contributed by atoms with Crippen LogP contribution in [0.25, 0.3) is 17.1 Å². The van der Waals surface area contributed by atoms with Gasteiger partial charge in [-0.2, -0.15) is 0 Å². The lowest BCUT2D eigenvalue weighted by Gasteiger charge is -2.10. The van der Waals surface area contributed by atoms with Crippen LogP contribution in [-0.4, -0.2) is 25.0 Å². The van der Waals surface area contributed by atoms with Crippen LogP contribution >= 0.6 is 23.4 Å². The van der Waals surface area contributed by atoms with Gasteiger partial charge in [0.2, 0.25) is 11.8 Å². The lowest BCUT2D eigenvalue weighted by molar-refractivity contribution is 0.470. The Labute approximate surface area is 172 Å². The summed E-state index contributed by atoms with van der Waals surface area (Å²) in [6, 6.07) is 15.8. The van der Waals surface area contributed by atoms with Gasteiger partial charge in [0.05, 0.1) is 5.75 Å². The van der Waals surface area contributed by atoms with Crippen LogP contribution in [0.2, 0.25) is 5.02 Å². The van der Waals surface area contributed by atoms with Crippen molar-refractivity contribution in [2.75, 3.05) is 0 Å². The summed E-state index contributed by atoms with van der Waals surface area (Å²) in [6.07, 6.45) is 0.718. The Morgan fingerprint density at radius 2 is 1.64 bits per heavy atom. The Morgan fingerprint density at radius 3 is 2.32 bits per heavy atom. The maximum atomic E-state index is 6.07. The highest BCUT2D eigenvalue weighted by Gasteiger charge is 2.17. The van der Waals surface area contributed by atoms with E-state index in [1.165, 1.54) is 17.3 Å². The molecule has 0 aliphatic heterocycles. The molecular formula is C20H18ClN5OS. The highest BCUT2D eigenvalue weighted by Crippen LogP contribution is 2.30. The first-order valence-corrected chi connectivity index (χ1v) is 10.2. The molecule has 6 nitrogen and oxygen atoms in total. The molecule has 28 heavy (non-hydrogen) atoms. The zero-order valence-corrected chi connectivity index (χ0v) is 17.0. The van der Waals surface area contributed by atoms with Gasteiger partial charge in [-0.3, -0.25) is 4.57 Å². The third-order valence-electron chi connectivity index (χ3n) is 4.16. The molecule has 142 valence electrons. The van der Waals surface area contributed by atoms with E-state index in [1.807, 2.05) is 47.9 Å². The summed E-state index contributed by atoms with van der Waals surface area (Å²) >= 11 is 7.57. The monoisotopic (exact) mass is 411 g/mol. The summed E-state index contributed by atoms with van der Waals surface area (Å²) in [7, 11) is 0. The number of benzene rings is 2. The lowest BCUT2D eigenvalue weighted by atomic mass is 10.1. The highest BCUT2D eigenvalue weighted by atomic mass is 35.5.